The van der Waals surface area contributed by atoms with Gasteiger partial charge in [0.05, 0.1) is 0 Å². The Hall–Kier alpha value is -2.26. The van der Waals surface area contributed by atoms with Gasteiger partial charge in [-0.05, 0) is 44.4 Å². The van der Waals surface area contributed by atoms with Crippen LogP contribution in [0.4, 0.5) is 0 Å². The van der Waals surface area contributed by atoms with Crippen LogP contribution in [-0.2, 0) is 42.9 Å². The molecular weight excluding hydrogens is 492 g/mol. The number of esters is 3. The molecule has 0 amide bonds. The minimum Gasteiger partial charge on any atom is -0.462 e. The van der Waals surface area contributed by atoms with Gasteiger partial charge in [0, 0.05) is 44.1 Å². The first-order chi connectivity index (χ1) is 17.4. The van der Waals surface area contributed by atoms with E-state index in [1.807, 2.05) is 6.92 Å². The predicted molar refractivity (Wildman–Crippen MR) is 133 cm³/mol. The van der Waals surface area contributed by atoms with Gasteiger partial charge in [-0.15, -0.1) is 0 Å². The van der Waals surface area contributed by atoms with Crippen molar-refractivity contribution >= 4 is 23.7 Å². The summed E-state index contributed by atoms with van der Waals surface area (Å²) in [5.74, 6) is -3.59. The lowest BCUT2D eigenvalue weighted by Gasteiger charge is -2.68. The summed E-state index contributed by atoms with van der Waals surface area (Å²) >= 11 is 0. The zero-order chi connectivity index (χ0) is 28.2. The third-order valence-electron chi connectivity index (χ3n) is 10.3. The van der Waals surface area contributed by atoms with E-state index in [9.17, 15) is 19.2 Å². The van der Waals surface area contributed by atoms with Crippen molar-refractivity contribution in [2.75, 3.05) is 0 Å². The van der Waals surface area contributed by atoms with Crippen molar-refractivity contribution in [3.05, 3.63) is 12.2 Å². The Balaban J connectivity index is 1.83. The Bertz CT molecular complexity index is 1120. The molecule has 9 heteroatoms. The number of ether oxygens (including phenoxy) is 5. The molecule has 0 aromatic carbocycles. The Morgan fingerprint density at radius 1 is 0.921 bits per heavy atom. The number of rotatable bonds is 3. The van der Waals surface area contributed by atoms with Gasteiger partial charge in [-0.2, -0.15) is 0 Å². The first kappa shape index (κ1) is 27.3. The fourth-order valence-corrected chi connectivity index (χ4v) is 9.41. The van der Waals surface area contributed by atoms with Crippen molar-refractivity contribution in [3.8, 4) is 0 Å². The Kier molecular flexibility index (Phi) is 5.84. The second-order valence-corrected chi connectivity index (χ2v) is 13.3. The van der Waals surface area contributed by atoms with Crippen molar-refractivity contribution in [1.82, 2.24) is 0 Å². The molecule has 1 saturated heterocycles. The molecule has 9 atom stereocenters. The number of hydrogen-bond acceptors (Lipinski definition) is 9. The fourth-order valence-electron chi connectivity index (χ4n) is 9.41. The molecule has 5 aliphatic rings. The summed E-state index contributed by atoms with van der Waals surface area (Å²) in [7, 11) is 0. The molecule has 0 aromatic rings. The van der Waals surface area contributed by atoms with Gasteiger partial charge < -0.3 is 23.7 Å². The summed E-state index contributed by atoms with van der Waals surface area (Å²) in [5, 5.41) is 0. The summed E-state index contributed by atoms with van der Waals surface area (Å²) in [6.45, 7) is 18.2. The lowest BCUT2D eigenvalue weighted by Crippen LogP contribution is -2.75. The fraction of sp³-hybridized carbons (Fsp3) is 0.793. The van der Waals surface area contributed by atoms with Crippen LogP contribution < -0.4 is 0 Å². The highest BCUT2D eigenvalue weighted by Crippen LogP contribution is 2.75. The van der Waals surface area contributed by atoms with E-state index in [0.717, 1.165) is 6.42 Å². The molecule has 2 bridgehead atoms. The maximum absolute atomic E-state index is 14.6. The molecule has 5 rings (SSSR count). The second-order valence-electron chi connectivity index (χ2n) is 13.3. The van der Waals surface area contributed by atoms with E-state index in [4.69, 9.17) is 23.7 Å². The van der Waals surface area contributed by atoms with Gasteiger partial charge in [-0.25, -0.2) is 0 Å². The molecule has 1 aliphatic heterocycles. The summed E-state index contributed by atoms with van der Waals surface area (Å²) < 4.78 is 31.1. The van der Waals surface area contributed by atoms with Crippen molar-refractivity contribution in [1.29, 1.82) is 0 Å². The average molecular weight is 533 g/mol. The third-order valence-corrected chi connectivity index (χ3v) is 10.3. The lowest BCUT2D eigenvalue weighted by atomic mass is 9.38. The predicted octanol–water partition coefficient (Wildman–Crippen LogP) is 3.66. The van der Waals surface area contributed by atoms with E-state index in [-0.39, 0.29) is 29.1 Å². The van der Waals surface area contributed by atoms with E-state index < -0.39 is 70.5 Å². The largest absolute Gasteiger partial charge is 0.462 e. The van der Waals surface area contributed by atoms with Crippen LogP contribution in [0.3, 0.4) is 0 Å². The molecule has 5 fully saturated rings. The molecule has 1 heterocycles. The van der Waals surface area contributed by atoms with Gasteiger partial charge >= 0.3 is 17.9 Å². The Morgan fingerprint density at radius 3 is 2.08 bits per heavy atom. The van der Waals surface area contributed by atoms with Gasteiger partial charge in [0.2, 0.25) is 0 Å². The monoisotopic (exact) mass is 532 g/mol. The number of carbonyl (C=O) groups is 4. The highest BCUT2D eigenvalue weighted by Gasteiger charge is 2.86. The van der Waals surface area contributed by atoms with Gasteiger partial charge in [-0.3, -0.25) is 19.2 Å². The van der Waals surface area contributed by atoms with E-state index in [0.29, 0.717) is 12.8 Å². The molecule has 9 nitrogen and oxygen atoms in total. The lowest BCUT2D eigenvalue weighted by molar-refractivity contribution is -0.285. The molecular formula is C29H40O9. The zero-order valence-electron chi connectivity index (χ0n) is 23.7. The normalized spacial score (nSPS) is 45.9. The van der Waals surface area contributed by atoms with Crippen LogP contribution in [0, 0.1) is 28.1 Å². The molecule has 1 spiro atoms. The number of hydrogen-bond donors (Lipinski definition) is 0. The summed E-state index contributed by atoms with van der Waals surface area (Å²) in [6, 6.07) is 0. The first-order valence-electron chi connectivity index (χ1n) is 13.6. The number of Topliss-reactive ketones (excluding diaryl/α,β-unsaturated/α-hetero) is 1. The highest BCUT2D eigenvalue weighted by molar-refractivity contribution is 6.07. The van der Waals surface area contributed by atoms with Crippen LogP contribution in [0.5, 0.6) is 0 Å². The van der Waals surface area contributed by atoms with Crippen molar-refractivity contribution in [2.24, 2.45) is 28.1 Å². The van der Waals surface area contributed by atoms with E-state index >= 15 is 0 Å². The van der Waals surface area contributed by atoms with E-state index in [2.05, 4.69) is 20.4 Å². The van der Waals surface area contributed by atoms with Crippen molar-refractivity contribution < 1.29 is 42.9 Å². The molecule has 0 N–H and O–H groups in total. The number of fused-ring (bicyclic) bond motifs is 2. The molecule has 4 saturated carbocycles. The zero-order valence-corrected chi connectivity index (χ0v) is 23.7. The second kappa shape index (κ2) is 8.13. The van der Waals surface area contributed by atoms with Crippen LogP contribution in [0.25, 0.3) is 0 Å². The minimum atomic E-state index is -1.44. The number of carbonyl (C=O) groups excluding carboxylic acids is 4. The average Bonchev–Trinajstić information content (AvgIpc) is 3.10. The van der Waals surface area contributed by atoms with Gasteiger partial charge in [0.25, 0.3) is 0 Å². The quantitative estimate of drug-likeness (QED) is 0.305. The Labute approximate surface area is 223 Å². The number of ketones is 1. The van der Waals surface area contributed by atoms with Gasteiger partial charge in [0.15, 0.2) is 11.6 Å². The summed E-state index contributed by atoms with van der Waals surface area (Å²) in [4.78, 5) is 52.0. The maximum Gasteiger partial charge on any atom is 0.302 e. The molecule has 38 heavy (non-hydrogen) atoms. The highest BCUT2D eigenvalue weighted by atomic mass is 16.8. The van der Waals surface area contributed by atoms with E-state index in [1.54, 1.807) is 13.8 Å². The first-order valence-corrected chi connectivity index (χ1v) is 13.6. The standard InChI is InChI=1S/C29H40O9/c1-14-23(33)29-21(36-17(4)32)12-19-25(5,6)11-10-20(35-16(3)31)27(19,9)22(29)18(34-15(2)30)13-28(14)24(29)37-26(7,8)38-28/h18-22,24H,1,10-13H2,2-9H3/t18-,19+,20+,21+,22-,24-,27-,28+,29+/m0/s1. The molecule has 4 aliphatic carbocycles. The van der Waals surface area contributed by atoms with Crippen LogP contribution in [-0.4, -0.2) is 59.5 Å². The minimum absolute atomic E-state index is 0.129. The van der Waals surface area contributed by atoms with Crippen molar-refractivity contribution in [3.63, 3.8) is 0 Å². The molecule has 0 aromatic heterocycles. The van der Waals surface area contributed by atoms with E-state index in [1.165, 1.54) is 20.8 Å². The van der Waals surface area contributed by atoms with Gasteiger partial charge in [0.1, 0.15) is 35.4 Å². The van der Waals surface area contributed by atoms with Crippen LogP contribution >= 0.6 is 0 Å². The summed E-state index contributed by atoms with van der Waals surface area (Å²) in [5.41, 5.74) is -3.49. The molecule has 0 unspecified atom stereocenters. The topological polar surface area (TPSA) is 114 Å². The van der Waals surface area contributed by atoms with Gasteiger partial charge in [-0.1, -0.05) is 27.4 Å². The SMILES string of the molecule is C=C1C(=O)[C@]23[C@H]4OC(C)(C)O[C@]14C[C@H](OC(C)=O)[C@H]2[C@@]1(C)[C@H](C[C@H]3OC(C)=O)C(C)(C)CC[C@H]1OC(C)=O. The Morgan fingerprint density at radius 2 is 1.50 bits per heavy atom. The summed E-state index contributed by atoms with van der Waals surface area (Å²) in [6.07, 6.45) is -1.12. The third kappa shape index (κ3) is 3.36. The maximum atomic E-state index is 14.6. The molecule has 0 radical (unpaired) electrons. The molecule has 210 valence electrons. The van der Waals surface area contributed by atoms with Crippen molar-refractivity contribution in [2.45, 2.75) is 117 Å². The van der Waals surface area contributed by atoms with Crippen LogP contribution in [0.1, 0.15) is 81.1 Å². The van der Waals surface area contributed by atoms with Crippen LogP contribution in [0.2, 0.25) is 0 Å². The van der Waals surface area contributed by atoms with Crippen LogP contribution in [0.15, 0.2) is 12.2 Å². The smallest absolute Gasteiger partial charge is 0.302 e.